The van der Waals surface area contributed by atoms with Gasteiger partial charge in [0.25, 0.3) is 0 Å². The lowest BCUT2D eigenvalue weighted by molar-refractivity contribution is 0.104. The number of ketones is 1. The second-order valence-electron chi connectivity index (χ2n) is 7.67. The van der Waals surface area contributed by atoms with Crippen molar-refractivity contribution in [3.63, 3.8) is 0 Å². The van der Waals surface area contributed by atoms with E-state index in [-0.39, 0.29) is 5.78 Å². The van der Waals surface area contributed by atoms with Crippen LogP contribution in [0.4, 0.5) is 0 Å². The molecule has 0 N–H and O–H groups in total. The van der Waals surface area contributed by atoms with E-state index in [0.29, 0.717) is 22.9 Å². The lowest BCUT2D eigenvalue weighted by atomic mass is 10.1. The maximum Gasteiger partial charge on any atom is 0.215 e. The van der Waals surface area contributed by atoms with Crippen molar-refractivity contribution in [3.8, 4) is 22.8 Å². The van der Waals surface area contributed by atoms with Gasteiger partial charge < -0.3 is 14.0 Å². The monoisotopic (exact) mass is 437 g/mol. The Morgan fingerprint density at radius 1 is 0.879 bits per heavy atom. The normalized spacial score (nSPS) is 11.5. The molecule has 0 fully saturated rings. The third kappa shape index (κ3) is 3.46. The summed E-state index contributed by atoms with van der Waals surface area (Å²) in [6, 6.07) is 23.3. The predicted molar refractivity (Wildman–Crippen MR) is 130 cm³/mol. The predicted octanol–water partition coefficient (Wildman–Crippen LogP) is 5.41. The number of allylic oxidation sites excluding steroid dienone is 1. The molecule has 0 bridgehead atoms. The summed E-state index contributed by atoms with van der Waals surface area (Å²) in [7, 11) is 5.15. The van der Waals surface area contributed by atoms with E-state index in [1.807, 2.05) is 88.8 Å². The molecule has 0 aliphatic heterocycles. The fourth-order valence-corrected chi connectivity index (χ4v) is 4.14. The van der Waals surface area contributed by atoms with Gasteiger partial charge in [0.05, 0.1) is 25.3 Å². The summed E-state index contributed by atoms with van der Waals surface area (Å²) in [5.74, 6) is 1.84. The summed E-state index contributed by atoms with van der Waals surface area (Å²) in [5.41, 5.74) is 4.87. The lowest BCUT2D eigenvalue weighted by Crippen LogP contribution is -2.02. The SMILES string of the molecule is COc1ccc(/C=C/C(=O)c2c(-c3ccccc3)nc3n(C)c4ccccc4n23)cc1OC. The molecule has 164 valence electrons. The average molecular weight is 437 g/mol. The van der Waals surface area contributed by atoms with Crippen LogP contribution in [0.15, 0.2) is 78.9 Å². The molecule has 0 unspecified atom stereocenters. The number of rotatable bonds is 6. The number of hydrogen-bond acceptors (Lipinski definition) is 4. The van der Waals surface area contributed by atoms with Gasteiger partial charge in [-0.3, -0.25) is 9.20 Å². The maximum absolute atomic E-state index is 13.6. The smallest absolute Gasteiger partial charge is 0.215 e. The summed E-state index contributed by atoms with van der Waals surface area (Å²) in [6.45, 7) is 0. The highest BCUT2D eigenvalue weighted by Crippen LogP contribution is 2.31. The number of carbonyl (C=O) groups excluding carboxylic acids is 1. The number of hydrogen-bond donors (Lipinski definition) is 0. The summed E-state index contributed by atoms with van der Waals surface area (Å²) < 4.78 is 14.6. The lowest BCUT2D eigenvalue weighted by Gasteiger charge is -2.07. The van der Waals surface area contributed by atoms with E-state index in [0.717, 1.165) is 27.9 Å². The van der Waals surface area contributed by atoms with Crippen molar-refractivity contribution in [3.05, 3.63) is 90.1 Å². The van der Waals surface area contributed by atoms with Gasteiger partial charge in [-0.15, -0.1) is 0 Å². The molecule has 5 aromatic rings. The number of nitrogens with zero attached hydrogens (tertiary/aromatic N) is 3. The fraction of sp³-hybridized carbons (Fsp3) is 0.111. The van der Waals surface area contributed by atoms with Crippen molar-refractivity contribution in [1.29, 1.82) is 0 Å². The molecular formula is C27H23N3O3. The molecule has 6 heteroatoms. The van der Waals surface area contributed by atoms with Crippen molar-refractivity contribution in [2.24, 2.45) is 7.05 Å². The summed E-state index contributed by atoms with van der Waals surface area (Å²) >= 11 is 0. The van der Waals surface area contributed by atoms with Gasteiger partial charge in [0.2, 0.25) is 11.6 Å². The number of aryl methyl sites for hydroxylation is 1. The first kappa shape index (κ1) is 20.6. The fourth-order valence-electron chi connectivity index (χ4n) is 4.14. The van der Waals surface area contributed by atoms with Gasteiger partial charge >= 0.3 is 0 Å². The molecule has 2 aromatic heterocycles. The van der Waals surface area contributed by atoms with E-state index in [9.17, 15) is 4.79 Å². The topological polar surface area (TPSA) is 57.8 Å². The second-order valence-corrected chi connectivity index (χ2v) is 7.67. The average Bonchev–Trinajstić information content (AvgIpc) is 3.39. The molecule has 5 rings (SSSR count). The van der Waals surface area contributed by atoms with Crippen LogP contribution in [0.25, 0.3) is 34.1 Å². The van der Waals surface area contributed by atoms with E-state index < -0.39 is 0 Å². The largest absolute Gasteiger partial charge is 0.493 e. The van der Waals surface area contributed by atoms with Crippen LogP contribution in [0.1, 0.15) is 16.1 Å². The molecule has 0 aliphatic rings. The van der Waals surface area contributed by atoms with Crippen LogP contribution >= 0.6 is 0 Å². The van der Waals surface area contributed by atoms with Crippen LogP contribution < -0.4 is 9.47 Å². The molecule has 6 nitrogen and oxygen atoms in total. The van der Waals surface area contributed by atoms with Crippen molar-refractivity contribution in [2.75, 3.05) is 14.2 Å². The molecule has 3 aromatic carbocycles. The first-order valence-corrected chi connectivity index (χ1v) is 10.6. The summed E-state index contributed by atoms with van der Waals surface area (Å²) in [6.07, 6.45) is 3.36. The molecule has 0 saturated heterocycles. The van der Waals surface area contributed by atoms with Crippen LogP contribution in [-0.2, 0) is 7.05 Å². The quantitative estimate of drug-likeness (QED) is 0.263. The first-order chi connectivity index (χ1) is 16.1. The number of benzene rings is 3. The number of carbonyl (C=O) groups is 1. The number of fused-ring (bicyclic) bond motifs is 3. The van der Waals surface area contributed by atoms with Crippen molar-refractivity contribution in [1.82, 2.24) is 14.0 Å². The van der Waals surface area contributed by atoms with Gasteiger partial charge in [0.1, 0.15) is 11.4 Å². The Kier molecular flexibility index (Phi) is 5.18. The Bertz CT molecular complexity index is 1510. The van der Waals surface area contributed by atoms with Gasteiger partial charge in [-0.05, 0) is 35.9 Å². The minimum atomic E-state index is -0.132. The van der Waals surface area contributed by atoms with Crippen molar-refractivity contribution >= 4 is 28.7 Å². The highest BCUT2D eigenvalue weighted by atomic mass is 16.5. The Balaban J connectivity index is 1.67. The van der Waals surface area contributed by atoms with E-state index in [1.165, 1.54) is 0 Å². The van der Waals surface area contributed by atoms with Crippen LogP contribution in [0.5, 0.6) is 11.5 Å². The van der Waals surface area contributed by atoms with Crippen molar-refractivity contribution in [2.45, 2.75) is 0 Å². The molecular weight excluding hydrogens is 414 g/mol. The molecule has 33 heavy (non-hydrogen) atoms. The number of methoxy groups -OCH3 is 2. The van der Waals surface area contributed by atoms with Crippen LogP contribution in [0.2, 0.25) is 0 Å². The van der Waals surface area contributed by atoms with E-state index >= 15 is 0 Å². The summed E-state index contributed by atoms with van der Waals surface area (Å²) in [5, 5.41) is 0. The van der Waals surface area contributed by atoms with Gasteiger partial charge in [-0.1, -0.05) is 54.6 Å². The molecule has 0 atom stereocenters. The third-order valence-corrected chi connectivity index (χ3v) is 5.76. The third-order valence-electron chi connectivity index (χ3n) is 5.76. The molecule has 0 radical (unpaired) electrons. The zero-order valence-corrected chi connectivity index (χ0v) is 18.6. The van der Waals surface area contributed by atoms with Gasteiger partial charge in [-0.25, -0.2) is 4.98 Å². The zero-order chi connectivity index (χ0) is 22.9. The number of ether oxygens (including phenoxy) is 2. The standard InChI is InChI=1S/C27H23N3O3/c1-29-20-11-7-8-12-21(20)30-26(25(28-27(29)30)19-9-5-4-6-10-19)22(31)15-13-18-14-16-23(32-2)24(17-18)33-3/h4-17H,1-3H3/b15-13+. The molecule has 0 amide bonds. The Hall–Kier alpha value is -4.32. The maximum atomic E-state index is 13.6. The molecule has 0 aliphatic carbocycles. The Labute approximate surface area is 191 Å². The highest BCUT2D eigenvalue weighted by Gasteiger charge is 2.23. The Morgan fingerprint density at radius 2 is 1.58 bits per heavy atom. The first-order valence-electron chi connectivity index (χ1n) is 10.6. The number of imidazole rings is 2. The van der Waals surface area contributed by atoms with E-state index in [4.69, 9.17) is 14.5 Å². The van der Waals surface area contributed by atoms with E-state index in [2.05, 4.69) is 0 Å². The van der Waals surface area contributed by atoms with Gasteiger partial charge in [0, 0.05) is 12.6 Å². The van der Waals surface area contributed by atoms with E-state index in [1.54, 1.807) is 26.4 Å². The Morgan fingerprint density at radius 3 is 2.30 bits per heavy atom. The van der Waals surface area contributed by atoms with Crippen LogP contribution in [0, 0.1) is 0 Å². The van der Waals surface area contributed by atoms with Gasteiger partial charge in [0.15, 0.2) is 11.5 Å². The molecule has 0 saturated carbocycles. The van der Waals surface area contributed by atoms with Crippen LogP contribution in [-0.4, -0.2) is 34.0 Å². The second kappa shape index (κ2) is 8.31. The number of para-hydroxylation sites is 2. The van der Waals surface area contributed by atoms with Crippen molar-refractivity contribution < 1.29 is 14.3 Å². The summed E-state index contributed by atoms with van der Waals surface area (Å²) in [4.78, 5) is 18.5. The van der Waals surface area contributed by atoms with Gasteiger partial charge in [-0.2, -0.15) is 0 Å². The minimum Gasteiger partial charge on any atom is -0.493 e. The molecule has 2 heterocycles. The zero-order valence-electron chi connectivity index (χ0n) is 18.6. The minimum absolute atomic E-state index is 0.132. The molecule has 0 spiro atoms. The number of aromatic nitrogens is 3. The van der Waals surface area contributed by atoms with Crippen LogP contribution in [0.3, 0.4) is 0 Å². The highest BCUT2D eigenvalue weighted by molar-refractivity contribution is 6.11.